The van der Waals surface area contributed by atoms with Gasteiger partial charge in [0.25, 0.3) is 0 Å². The number of likely N-dealkylation sites (N-methyl/N-ethyl adjacent to an activating group) is 2. The van der Waals surface area contributed by atoms with Gasteiger partial charge in [0.15, 0.2) is 0 Å². The predicted octanol–water partition coefficient (Wildman–Crippen LogP) is 1.04. The zero-order valence-corrected chi connectivity index (χ0v) is 14.2. The van der Waals surface area contributed by atoms with Gasteiger partial charge >= 0.3 is 0 Å². The van der Waals surface area contributed by atoms with Crippen molar-refractivity contribution in [1.29, 1.82) is 5.26 Å². The van der Waals surface area contributed by atoms with Gasteiger partial charge in [-0.2, -0.15) is 9.57 Å². The lowest BCUT2D eigenvalue weighted by Crippen LogP contribution is -2.39. The van der Waals surface area contributed by atoms with E-state index in [-0.39, 0.29) is 29.1 Å². The summed E-state index contributed by atoms with van der Waals surface area (Å²) < 4.78 is 45.1. The standard InChI is InChI=1S/C15H20FN3O3S/c1-18-10-14(22-3)7-13(18)9-19(2)23(20,21)15-5-4-12(16)6-11(15)8-17/h4-6,13-14H,7,9-10H2,1-3H3/t13-,14-/m0/s1. The Labute approximate surface area is 136 Å². The maximum atomic E-state index is 13.2. The molecule has 2 atom stereocenters. The van der Waals surface area contributed by atoms with E-state index in [9.17, 15) is 12.8 Å². The number of nitriles is 1. The number of ether oxygens (including phenoxy) is 1. The molecule has 0 aliphatic carbocycles. The van der Waals surface area contributed by atoms with E-state index in [1.54, 1.807) is 13.2 Å². The first-order valence-corrected chi connectivity index (χ1v) is 8.62. The molecule has 8 heteroatoms. The monoisotopic (exact) mass is 341 g/mol. The Morgan fingerprint density at radius 2 is 2.22 bits per heavy atom. The van der Waals surface area contributed by atoms with Crippen LogP contribution < -0.4 is 0 Å². The lowest BCUT2D eigenvalue weighted by molar-refractivity contribution is 0.111. The van der Waals surface area contributed by atoms with E-state index in [1.807, 2.05) is 7.05 Å². The van der Waals surface area contributed by atoms with E-state index < -0.39 is 15.8 Å². The number of nitrogens with zero attached hydrogens (tertiary/aromatic N) is 3. The quantitative estimate of drug-likeness (QED) is 0.800. The Hall–Kier alpha value is -1.53. The molecule has 1 aromatic carbocycles. The predicted molar refractivity (Wildman–Crippen MR) is 82.8 cm³/mol. The molecule has 1 aliphatic rings. The highest BCUT2D eigenvalue weighted by Crippen LogP contribution is 2.23. The molecule has 0 aromatic heterocycles. The molecular formula is C15H20FN3O3S. The summed E-state index contributed by atoms with van der Waals surface area (Å²) in [4.78, 5) is 1.88. The number of hydrogen-bond donors (Lipinski definition) is 0. The van der Waals surface area contributed by atoms with Gasteiger partial charge in [-0.15, -0.1) is 0 Å². The third-order valence-corrected chi connectivity index (χ3v) is 6.08. The van der Waals surface area contributed by atoms with Crippen LogP contribution in [0.4, 0.5) is 4.39 Å². The first-order chi connectivity index (χ1) is 10.8. The fraction of sp³-hybridized carbons (Fsp3) is 0.533. The summed E-state index contributed by atoms with van der Waals surface area (Å²) >= 11 is 0. The number of benzene rings is 1. The highest BCUT2D eigenvalue weighted by atomic mass is 32.2. The maximum absolute atomic E-state index is 13.2. The van der Waals surface area contributed by atoms with Gasteiger partial charge in [0.1, 0.15) is 16.8 Å². The Balaban J connectivity index is 2.22. The van der Waals surface area contributed by atoms with Crippen LogP contribution in [0.1, 0.15) is 12.0 Å². The molecule has 0 spiro atoms. The third-order valence-electron chi connectivity index (χ3n) is 4.20. The van der Waals surface area contributed by atoms with Crippen LogP contribution in [0.5, 0.6) is 0 Å². The topological polar surface area (TPSA) is 73.6 Å². The summed E-state index contributed by atoms with van der Waals surface area (Å²) in [7, 11) is 1.17. The molecule has 6 nitrogen and oxygen atoms in total. The minimum absolute atomic E-state index is 0.0331. The van der Waals surface area contributed by atoms with Crippen molar-refractivity contribution in [3.63, 3.8) is 0 Å². The maximum Gasteiger partial charge on any atom is 0.244 e. The zero-order chi connectivity index (χ0) is 17.2. The van der Waals surface area contributed by atoms with Crippen LogP contribution in [0.15, 0.2) is 23.1 Å². The normalized spacial score (nSPS) is 22.4. The fourth-order valence-corrected chi connectivity index (χ4v) is 4.12. The average molecular weight is 341 g/mol. The first kappa shape index (κ1) is 17.8. The van der Waals surface area contributed by atoms with Crippen molar-refractivity contribution in [3.05, 3.63) is 29.6 Å². The van der Waals surface area contributed by atoms with Gasteiger partial charge in [-0.25, -0.2) is 12.8 Å². The molecule has 0 N–H and O–H groups in total. The van der Waals surface area contributed by atoms with Crippen LogP contribution in [0.25, 0.3) is 0 Å². The number of methoxy groups -OCH3 is 1. The minimum atomic E-state index is -3.86. The molecular weight excluding hydrogens is 321 g/mol. The van der Waals surface area contributed by atoms with E-state index in [2.05, 4.69) is 4.90 Å². The van der Waals surface area contributed by atoms with Crippen molar-refractivity contribution in [1.82, 2.24) is 9.21 Å². The van der Waals surface area contributed by atoms with Gasteiger partial charge in [0.05, 0.1) is 11.7 Å². The SMILES string of the molecule is CO[C@H]1C[C@@H](CN(C)S(=O)(=O)c2ccc(F)cc2C#N)N(C)C1. The summed E-state index contributed by atoms with van der Waals surface area (Å²) in [5.74, 6) is -0.637. The zero-order valence-electron chi connectivity index (χ0n) is 13.4. The van der Waals surface area contributed by atoms with E-state index in [0.717, 1.165) is 31.2 Å². The largest absolute Gasteiger partial charge is 0.380 e. The molecule has 0 radical (unpaired) electrons. The Morgan fingerprint density at radius 3 is 2.78 bits per heavy atom. The molecule has 1 saturated heterocycles. The number of rotatable bonds is 5. The fourth-order valence-electron chi connectivity index (χ4n) is 2.79. The molecule has 0 amide bonds. The van der Waals surface area contributed by atoms with Gasteiger partial charge in [-0.05, 0) is 31.7 Å². The molecule has 23 heavy (non-hydrogen) atoms. The van der Waals surface area contributed by atoms with Crippen molar-refractivity contribution in [2.45, 2.75) is 23.5 Å². The highest BCUT2D eigenvalue weighted by Gasteiger charge is 2.33. The molecule has 1 fully saturated rings. The lowest BCUT2D eigenvalue weighted by atomic mass is 10.2. The molecule has 2 rings (SSSR count). The number of hydrogen-bond acceptors (Lipinski definition) is 5. The second-order valence-corrected chi connectivity index (χ2v) is 7.74. The van der Waals surface area contributed by atoms with Gasteiger partial charge in [-0.3, -0.25) is 4.90 Å². The van der Waals surface area contributed by atoms with Gasteiger partial charge in [0.2, 0.25) is 10.0 Å². The molecule has 0 bridgehead atoms. The summed E-state index contributed by atoms with van der Waals surface area (Å²) in [5.41, 5.74) is -0.189. The summed E-state index contributed by atoms with van der Waals surface area (Å²) in [5, 5.41) is 9.06. The number of halogens is 1. The second-order valence-electron chi connectivity index (χ2n) is 5.72. The van der Waals surface area contributed by atoms with Crippen molar-refractivity contribution in [3.8, 4) is 6.07 Å². The smallest absolute Gasteiger partial charge is 0.244 e. The van der Waals surface area contributed by atoms with Crippen LogP contribution in [-0.2, 0) is 14.8 Å². The molecule has 126 valence electrons. The Bertz CT molecular complexity index is 717. The van der Waals surface area contributed by atoms with Crippen LogP contribution >= 0.6 is 0 Å². The van der Waals surface area contributed by atoms with Crippen molar-refractivity contribution in [2.24, 2.45) is 0 Å². The lowest BCUT2D eigenvalue weighted by Gasteiger charge is -2.25. The molecule has 1 aliphatic heterocycles. The van der Waals surface area contributed by atoms with E-state index in [1.165, 1.54) is 11.4 Å². The van der Waals surface area contributed by atoms with Gasteiger partial charge in [0, 0.05) is 33.3 Å². The van der Waals surface area contributed by atoms with E-state index in [0.29, 0.717) is 0 Å². The third kappa shape index (κ3) is 3.70. The molecule has 1 aromatic rings. The van der Waals surface area contributed by atoms with Crippen molar-refractivity contribution >= 4 is 10.0 Å². The molecule has 1 heterocycles. The molecule has 0 saturated carbocycles. The Kier molecular flexibility index (Phi) is 5.37. The van der Waals surface area contributed by atoms with Crippen LogP contribution in [0, 0.1) is 17.1 Å². The summed E-state index contributed by atoms with van der Waals surface area (Å²) in [6, 6.07) is 4.89. The van der Waals surface area contributed by atoms with Crippen molar-refractivity contribution in [2.75, 3.05) is 34.3 Å². The number of sulfonamides is 1. The second kappa shape index (κ2) is 6.93. The van der Waals surface area contributed by atoms with Crippen LogP contribution in [-0.4, -0.2) is 64.1 Å². The van der Waals surface area contributed by atoms with Crippen LogP contribution in [0.3, 0.4) is 0 Å². The first-order valence-electron chi connectivity index (χ1n) is 7.18. The van der Waals surface area contributed by atoms with Gasteiger partial charge < -0.3 is 4.74 Å². The average Bonchev–Trinajstić information content (AvgIpc) is 2.87. The minimum Gasteiger partial charge on any atom is -0.380 e. The summed E-state index contributed by atoms with van der Waals surface area (Å²) in [6.45, 7) is 1.02. The van der Waals surface area contributed by atoms with Gasteiger partial charge in [-0.1, -0.05) is 0 Å². The van der Waals surface area contributed by atoms with Crippen LogP contribution in [0.2, 0.25) is 0 Å². The number of likely N-dealkylation sites (tertiary alicyclic amines) is 1. The highest BCUT2D eigenvalue weighted by molar-refractivity contribution is 7.89. The summed E-state index contributed by atoms with van der Waals surface area (Å²) in [6.07, 6.45) is 0.822. The molecule has 0 unspecified atom stereocenters. The van der Waals surface area contributed by atoms with Crippen molar-refractivity contribution < 1.29 is 17.5 Å². The van der Waals surface area contributed by atoms with E-state index in [4.69, 9.17) is 10.00 Å². The van der Waals surface area contributed by atoms with E-state index >= 15 is 0 Å². The Morgan fingerprint density at radius 1 is 1.52 bits per heavy atom.